The van der Waals surface area contributed by atoms with E-state index in [2.05, 4.69) is 20.6 Å². The first-order valence-corrected chi connectivity index (χ1v) is 5.75. The zero-order valence-electron chi connectivity index (χ0n) is 10.2. The lowest BCUT2D eigenvalue weighted by molar-refractivity contribution is 0.276. The molecule has 5 nitrogen and oxygen atoms in total. The molecule has 0 saturated heterocycles. The third-order valence-electron chi connectivity index (χ3n) is 2.63. The van der Waals surface area contributed by atoms with Crippen molar-refractivity contribution in [2.75, 3.05) is 24.3 Å². The minimum absolute atomic E-state index is 0.00288. The van der Waals surface area contributed by atoms with Crippen LogP contribution < -0.4 is 10.6 Å². The van der Waals surface area contributed by atoms with E-state index in [-0.39, 0.29) is 12.6 Å². The van der Waals surface area contributed by atoms with Gasteiger partial charge in [0, 0.05) is 13.1 Å². The van der Waals surface area contributed by atoms with Crippen LogP contribution in [0.5, 0.6) is 0 Å². The van der Waals surface area contributed by atoms with E-state index in [9.17, 15) is 5.11 Å². The average molecular weight is 244 g/mol. The Bertz CT molecular complexity index is 489. The molecule has 2 aromatic rings. The van der Waals surface area contributed by atoms with Crippen molar-refractivity contribution in [1.82, 2.24) is 9.97 Å². The van der Waals surface area contributed by atoms with E-state index in [0.717, 1.165) is 11.4 Å². The Balaban J connectivity index is 2.15. The molecule has 1 aromatic heterocycles. The van der Waals surface area contributed by atoms with Crippen LogP contribution in [0.1, 0.15) is 11.6 Å². The first-order valence-electron chi connectivity index (χ1n) is 5.75. The lowest BCUT2D eigenvalue weighted by Gasteiger charge is -2.17. The van der Waals surface area contributed by atoms with Crippen LogP contribution in [0.3, 0.4) is 0 Å². The summed E-state index contributed by atoms with van der Waals surface area (Å²) in [5.74, 6) is 1.41. The van der Waals surface area contributed by atoms with E-state index < -0.39 is 0 Å². The van der Waals surface area contributed by atoms with E-state index in [1.807, 2.05) is 30.3 Å². The summed E-state index contributed by atoms with van der Waals surface area (Å²) in [6.07, 6.45) is 1.48. The van der Waals surface area contributed by atoms with Crippen LogP contribution in [-0.4, -0.2) is 28.7 Å². The van der Waals surface area contributed by atoms with Gasteiger partial charge in [0.25, 0.3) is 0 Å². The minimum Gasteiger partial charge on any atom is -0.394 e. The van der Waals surface area contributed by atoms with Crippen molar-refractivity contribution in [3.8, 4) is 0 Å². The molecular weight excluding hydrogens is 228 g/mol. The molecule has 3 N–H and O–H groups in total. The molecule has 0 aliphatic carbocycles. The van der Waals surface area contributed by atoms with Crippen LogP contribution >= 0.6 is 0 Å². The number of aliphatic hydroxyl groups is 1. The maximum absolute atomic E-state index is 9.45. The Kier molecular flexibility index (Phi) is 4.09. The molecule has 94 valence electrons. The predicted molar refractivity (Wildman–Crippen MR) is 71.5 cm³/mol. The Hall–Kier alpha value is -2.14. The van der Waals surface area contributed by atoms with Gasteiger partial charge in [-0.3, -0.25) is 0 Å². The van der Waals surface area contributed by atoms with Crippen molar-refractivity contribution in [2.45, 2.75) is 6.04 Å². The van der Waals surface area contributed by atoms with Gasteiger partial charge in [0.15, 0.2) is 0 Å². The highest BCUT2D eigenvalue weighted by Gasteiger charge is 2.10. The second-order valence-corrected chi connectivity index (χ2v) is 3.83. The summed E-state index contributed by atoms with van der Waals surface area (Å²) in [6, 6.07) is 11.4. The van der Waals surface area contributed by atoms with Crippen molar-refractivity contribution >= 4 is 11.6 Å². The van der Waals surface area contributed by atoms with Crippen LogP contribution in [0.2, 0.25) is 0 Å². The van der Waals surface area contributed by atoms with Gasteiger partial charge in [-0.05, 0) is 5.56 Å². The summed E-state index contributed by atoms with van der Waals surface area (Å²) < 4.78 is 0. The number of benzene rings is 1. The lowest BCUT2D eigenvalue weighted by atomic mass is 10.1. The van der Waals surface area contributed by atoms with Crippen molar-refractivity contribution in [1.29, 1.82) is 0 Å². The Labute approximate surface area is 106 Å². The second kappa shape index (κ2) is 5.97. The van der Waals surface area contributed by atoms with Crippen molar-refractivity contribution in [3.63, 3.8) is 0 Å². The molecular formula is C13H16N4O. The fourth-order valence-corrected chi connectivity index (χ4v) is 1.67. The summed E-state index contributed by atoms with van der Waals surface area (Å²) in [7, 11) is 1.80. The maximum Gasteiger partial charge on any atom is 0.132 e. The third kappa shape index (κ3) is 2.95. The molecule has 1 aromatic carbocycles. The molecule has 0 aliphatic rings. The van der Waals surface area contributed by atoms with Crippen LogP contribution in [0.15, 0.2) is 42.7 Å². The molecule has 5 heteroatoms. The number of anilines is 2. The topological polar surface area (TPSA) is 70.1 Å². The summed E-state index contributed by atoms with van der Waals surface area (Å²) >= 11 is 0. The van der Waals surface area contributed by atoms with Gasteiger partial charge < -0.3 is 15.7 Å². The Morgan fingerprint density at radius 1 is 1.17 bits per heavy atom. The number of aromatic nitrogens is 2. The van der Waals surface area contributed by atoms with Gasteiger partial charge in [-0.15, -0.1) is 0 Å². The van der Waals surface area contributed by atoms with Gasteiger partial charge in [-0.2, -0.15) is 0 Å². The van der Waals surface area contributed by atoms with Crippen LogP contribution in [-0.2, 0) is 0 Å². The zero-order chi connectivity index (χ0) is 12.8. The molecule has 0 saturated carbocycles. The zero-order valence-corrected chi connectivity index (χ0v) is 10.2. The van der Waals surface area contributed by atoms with Gasteiger partial charge in [-0.1, -0.05) is 30.3 Å². The minimum atomic E-state index is -0.175. The standard InChI is InChI=1S/C13H16N4O/c1-14-12-7-13(16-9-15-12)17-11(8-18)10-5-3-2-4-6-10/h2-7,9,11,18H,8H2,1H3,(H2,14,15,16,17). The van der Waals surface area contributed by atoms with Crippen molar-refractivity contribution < 1.29 is 5.11 Å². The molecule has 1 unspecified atom stereocenters. The van der Waals surface area contributed by atoms with Gasteiger partial charge in [0.05, 0.1) is 12.6 Å². The largest absolute Gasteiger partial charge is 0.394 e. The molecule has 0 fully saturated rings. The first kappa shape index (κ1) is 12.3. The molecule has 18 heavy (non-hydrogen) atoms. The molecule has 1 atom stereocenters. The Morgan fingerprint density at radius 3 is 2.56 bits per heavy atom. The third-order valence-corrected chi connectivity index (χ3v) is 2.63. The SMILES string of the molecule is CNc1cc(NC(CO)c2ccccc2)ncn1. The van der Waals surface area contributed by atoms with Gasteiger partial charge in [0.1, 0.15) is 18.0 Å². The van der Waals surface area contributed by atoms with Gasteiger partial charge in [0.2, 0.25) is 0 Å². The van der Waals surface area contributed by atoms with Gasteiger partial charge in [-0.25, -0.2) is 9.97 Å². The highest BCUT2D eigenvalue weighted by Crippen LogP contribution is 2.18. The fourth-order valence-electron chi connectivity index (χ4n) is 1.67. The van der Waals surface area contributed by atoms with E-state index in [4.69, 9.17) is 0 Å². The molecule has 0 spiro atoms. The highest BCUT2D eigenvalue weighted by atomic mass is 16.3. The quantitative estimate of drug-likeness (QED) is 0.746. The molecule has 1 heterocycles. The number of hydrogen-bond donors (Lipinski definition) is 3. The van der Waals surface area contributed by atoms with Crippen molar-refractivity contribution in [3.05, 3.63) is 48.3 Å². The maximum atomic E-state index is 9.45. The average Bonchev–Trinajstić information content (AvgIpc) is 2.46. The molecule has 0 bridgehead atoms. The summed E-state index contributed by atoms with van der Waals surface area (Å²) in [4.78, 5) is 8.17. The van der Waals surface area contributed by atoms with Crippen molar-refractivity contribution in [2.24, 2.45) is 0 Å². The van der Waals surface area contributed by atoms with Crippen LogP contribution in [0.4, 0.5) is 11.6 Å². The summed E-state index contributed by atoms with van der Waals surface area (Å²) in [5.41, 5.74) is 1.02. The number of rotatable bonds is 5. The molecule has 2 rings (SSSR count). The number of aliphatic hydroxyl groups excluding tert-OH is 1. The number of nitrogens with one attached hydrogen (secondary N) is 2. The smallest absolute Gasteiger partial charge is 0.132 e. The first-order chi connectivity index (χ1) is 8.83. The monoisotopic (exact) mass is 244 g/mol. The molecule has 0 amide bonds. The van der Waals surface area contributed by atoms with E-state index >= 15 is 0 Å². The van der Waals surface area contributed by atoms with E-state index in [1.165, 1.54) is 6.33 Å². The van der Waals surface area contributed by atoms with Crippen LogP contribution in [0.25, 0.3) is 0 Å². The van der Waals surface area contributed by atoms with E-state index in [1.54, 1.807) is 13.1 Å². The summed E-state index contributed by atoms with van der Waals surface area (Å²) in [5, 5.41) is 15.6. The summed E-state index contributed by atoms with van der Waals surface area (Å²) in [6.45, 7) is 0.00288. The van der Waals surface area contributed by atoms with Gasteiger partial charge >= 0.3 is 0 Å². The predicted octanol–water partition coefficient (Wildman–Crippen LogP) is 1.66. The number of hydrogen-bond acceptors (Lipinski definition) is 5. The normalized spacial score (nSPS) is 11.9. The molecule has 0 aliphatic heterocycles. The highest BCUT2D eigenvalue weighted by molar-refractivity contribution is 5.47. The molecule has 0 radical (unpaired) electrons. The number of nitrogens with zero attached hydrogens (tertiary/aromatic N) is 2. The second-order valence-electron chi connectivity index (χ2n) is 3.83. The Morgan fingerprint density at radius 2 is 1.89 bits per heavy atom. The fraction of sp³-hybridized carbons (Fsp3) is 0.231. The van der Waals surface area contributed by atoms with E-state index in [0.29, 0.717) is 5.82 Å². The lowest BCUT2D eigenvalue weighted by Crippen LogP contribution is -2.15. The van der Waals surface area contributed by atoms with Crippen LogP contribution in [0, 0.1) is 0 Å².